The van der Waals surface area contributed by atoms with Crippen LogP contribution in [0.1, 0.15) is 26.7 Å². The van der Waals surface area contributed by atoms with Gasteiger partial charge in [-0.05, 0) is 19.9 Å². The zero-order chi connectivity index (χ0) is 12.6. The highest BCUT2D eigenvalue weighted by atomic mass is 32.2. The maximum Gasteiger partial charge on any atom is 0.306 e. The summed E-state index contributed by atoms with van der Waals surface area (Å²) in [6, 6.07) is -0.0809. The Bertz CT molecular complexity index is 300. The van der Waals surface area contributed by atoms with Crippen LogP contribution in [0, 0.1) is 0 Å². The van der Waals surface area contributed by atoms with Gasteiger partial charge in [-0.3, -0.25) is 4.79 Å². The van der Waals surface area contributed by atoms with Crippen molar-refractivity contribution in [2.75, 3.05) is 25.2 Å². The van der Waals surface area contributed by atoms with Crippen molar-refractivity contribution < 1.29 is 17.9 Å². The number of hydrogen-bond donors (Lipinski definition) is 1. The molecule has 0 bridgehead atoms. The fourth-order valence-electron chi connectivity index (χ4n) is 1.25. The number of esters is 1. The number of hydrogen-bond acceptors (Lipinski definition) is 5. The number of methoxy groups -OCH3 is 1. The van der Waals surface area contributed by atoms with Crippen molar-refractivity contribution in [3.8, 4) is 0 Å². The number of ether oxygens (including phenoxy) is 1. The Hall–Kier alpha value is -0.620. The summed E-state index contributed by atoms with van der Waals surface area (Å²) in [5.74, 6) is -0.570. The highest BCUT2D eigenvalue weighted by Gasteiger charge is 2.17. The zero-order valence-corrected chi connectivity index (χ0v) is 11.0. The van der Waals surface area contributed by atoms with Gasteiger partial charge < -0.3 is 10.1 Å². The first-order chi connectivity index (χ1) is 7.41. The molecule has 96 valence electrons. The summed E-state index contributed by atoms with van der Waals surface area (Å²) < 4.78 is 27.5. The maximum absolute atomic E-state index is 11.6. The summed E-state index contributed by atoms with van der Waals surface area (Å²) in [6.45, 7) is 4.64. The van der Waals surface area contributed by atoms with E-state index in [1.54, 1.807) is 0 Å². The highest BCUT2D eigenvalue weighted by Crippen LogP contribution is 1.99. The second-order valence-electron chi connectivity index (χ2n) is 3.80. The highest BCUT2D eigenvalue weighted by molar-refractivity contribution is 7.91. The fourth-order valence-corrected chi connectivity index (χ4v) is 2.78. The lowest BCUT2D eigenvalue weighted by atomic mass is 10.3. The lowest BCUT2D eigenvalue weighted by molar-refractivity contribution is -0.140. The lowest BCUT2D eigenvalue weighted by Gasteiger charge is -2.13. The number of carbonyl (C=O) groups is 1. The molecule has 0 rings (SSSR count). The molecule has 0 aromatic heterocycles. The first-order valence-electron chi connectivity index (χ1n) is 5.42. The average Bonchev–Trinajstić information content (AvgIpc) is 2.22. The van der Waals surface area contributed by atoms with E-state index < -0.39 is 15.8 Å². The standard InChI is InChI=1S/C10H21NO4S/c1-4-6-11-9(2)8-16(13,14)7-5-10(12)15-3/h9,11H,4-8H2,1-3H3. The van der Waals surface area contributed by atoms with Gasteiger partial charge in [0.15, 0.2) is 9.84 Å². The van der Waals surface area contributed by atoms with E-state index in [9.17, 15) is 13.2 Å². The molecule has 0 aromatic carbocycles. The Labute approximate surface area is 97.5 Å². The molecule has 5 nitrogen and oxygen atoms in total. The number of carbonyl (C=O) groups excluding carboxylic acids is 1. The van der Waals surface area contributed by atoms with Crippen molar-refractivity contribution in [1.29, 1.82) is 0 Å². The fraction of sp³-hybridized carbons (Fsp3) is 0.900. The number of sulfone groups is 1. The van der Waals surface area contributed by atoms with Gasteiger partial charge in [0.25, 0.3) is 0 Å². The first kappa shape index (κ1) is 15.4. The van der Waals surface area contributed by atoms with Crippen LogP contribution in [0.2, 0.25) is 0 Å². The molecule has 0 fully saturated rings. The third-order valence-corrected chi connectivity index (χ3v) is 3.93. The van der Waals surface area contributed by atoms with Crippen LogP contribution in [0.5, 0.6) is 0 Å². The summed E-state index contributed by atoms with van der Waals surface area (Å²) in [5, 5.41) is 3.09. The van der Waals surface area contributed by atoms with Crippen molar-refractivity contribution in [2.24, 2.45) is 0 Å². The van der Waals surface area contributed by atoms with E-state index in [2.05, 4.69) is 10.1 Å². The second kappa shape index (κ2) is 7.62. The molecule has 16 heavy (non-hydrogen) atoms. The van der Waals surface area contributed by atoms with Crippen LogP contribution in [0.4, 0.5) is 0 Å². The monoisotopic (exact) mass is 251 g/mol. The Morgan fingerprint density at radius 1 is 1.44 bits per heavy atom. The Balaban J connectivity index is 3.99. The van der Waals surface area contributed by atoms with Crippen LogP contribution in [0.25, 0.3) is 0 Å². The summed E-state index contributed by atoms with van der Waals surface area (Å²) >= 11 is 0. The van der Waals surface area contributed by atoms with E-state index >= 15 is 0 Å². The van der Waals surface area contributed by atoms with E-state index in [1.165, 1.54) is 7.11 Å². The third-order valence-electron chi connectivity index (χ3n) is 2.09. The maximum atomic E-state index is 11.6. The van der Waals surface area contributed by atoms with Crippen LogP contribution >= 0.6 is 0 Å². The number of nitrogens with one attached hydrogen (secondary N) is 1. The molecule has 6 heteroatoms. The zero-order valence-electron chi connectivity index (χ0n) is 10.2. The lowest BCUT2D eigenvalue weighted by Crippen LogP contribution is -2.34. The second-order valence-corrected chi connectivity index (χ2v) is 6.02. The predicted molar refractivity (Wildman–Crippen MR) is 63.0 cm³/mol. The molecular weight excluding hydrogens is 230 g/mol. The predicted octanol–water partition coefficient (Wildman–Crippen LogP) is 0.352. The van der Waals surface area contributed by atoms with Gasteiger partial charge >= 0.3 is 5.97 Å². The van der Waals surface area contributed by atoms with Gasteiger partial charge in [-0.1, -0.05) is 6.92 Å². The minimum absolute atomic E-state index is 0.0595. The van der Waals surface area contributed by atoms with E-state index in [0.717, 1.165) is 13.0 Å². The van der Waals surface area contributed by atoms with Crippen LogP contribution in [0.15, 0.2) is 0 Å². The molecule has 0 aromatic rings. The van der Waals surface area contributed by atoms with Crippen LogP contribution < -0.4 is 5.32 Å². The molecule has 0 saturated heterocycles. The molecule has 0 heterocycles. The third kappa shape index (κ3) is 7.64. The molecule has 1 atom stereocenters. The molecular formula is C10H21NO4S. The topological polar surface area (TPSA) is 72.5 Å². The van der Waals surface area contributed by atoms with Crippen molar-refractivity contribution in [3.63, 3.8) is 0 Å². The molecule has 1 N–H and O–H groups in total. The normalized spacial score (nSPS) is 13.4. The van der Waals surface area contributed by atoms with Gasteiger partial charge in [0.2, 0.25) is 0 Å². The smallest absolute Gasteiger partial charge is 0.306 e. The average molecular weight is 251 g/mol. The molecule has 0 radical (unpaired) electrons. The molecule has 0 saturated carbocycles. The van der Waals surface area contributed by atoms with Gasteiger partial charge in [0.05, 0.1) is 25.0 Å². The van der Waals surface area contributed by atoms with Crippen LogP contribution in [0.3, 0.4) is 0 Å². The van der Waals surface area contributed by atoms with Gasteiger partial charge in [-0.15, -0.1) is 0 Å². The van der Waals surface area contributed by atoms with E-state index in [1.807, 2.05) is 13.8 Å². The molecule has 1 unspecified atom stereocenters. The van der Waals surface area contributed by atoms with Crippen molar-refractivity contribution in [2.45, 2.75) is 32.7 Å². The first-order valence-corrected chi connectivity index (χ1v) is 7.24. The molecule has 0 amide bonds. The summed E-state index contributed by atoms with van der Waals surface area (Å²) in [6.07, 6.45) is 0.895. The summed E-state index contributed by atoms with van der Waals surface area (Å²) in [5.41, 5.74) is 0. The minimum Gasteiger partial charge on any atom is -0.469 e. The Morgan fingerprint density at radius 2 is 2.06 bits per heavy atom. The SMILES string of the molecule is CCCNC(C)CS(=O)(=O)CCC(=O)OC. The van der Waals surface area contributed by atoms with Gasteiger partial charge in [0, 0.05) is 6.04 Å². The Kier molecular flexibility index (Phi) is 7.33. The molecule has 0 aliphatic rings. The van der Waals surface area contributed by atoms with E-state index in [4.69, 9.17) is 0 Å². The van der Waals surface area contributed by atoms with Crippen molar-refractivity contribution in [1.82, 2.24) is 5.32 Å². The molecule has 0 aliphatic heterocycles. The van der Waals surface area contributed by atoms with Gasteiger partial charge in [0.1, 0.15) is 0 Å². The van der Waals surface area contributed by atoms with Crippen LogP contribution in [-0.4, -0.2) is 45.6 Å². The van der Waals surface area contributed by atoms with Crippen molar-refractivity contribution >= 4 is 15.8 Å². The molecule has 0 aliphatic carbocycles. The number of rotatable bonds is 8. The molecule has 0 spiro atoms. The van der Waals surface area contributed by atoms with Gasteiger partial charge in [-0.25, -0.2) is 8.42 Å². The largest absolute Gasteiger partial charge is 0.469 e. The summed E-state index contributed by atoms with van der Waals surface area (Å²) in [7, 11) is -1.93. The summed E-state index contributed by atoms with van der Waals surface area (Å²) in [4.78, 5) is 10.8. The van der Waals surface area contributed by atoms with Gasteiger partial charge in [-0.2, -0.15) is 0 Å². The van der Waals surface area contributed by atoms with Crippen molar-refractivity contribution in [3.05, 3.63) is 0 Å². The van der Waals surface area contributed by atoms with E-state index in [-0.39, 0.29) is 24.0 Å². The quantitative estimate of drug-likeness (QED) is 0.630. The van der Waals surface area contributed by atoms with Crippen LogP contribution in [-0.2, 0) is 19.4 Å². The van der Waals surface area contributed by atoms with E-state index in [0.29, 0.717) is 0 Å². The Morgan fingerprint density at radius 3 is 2.56 bits per heavy atom. The minimum atomic E-state index is -3.18.